The highest BCUT2D eigenvalue weighted by atomic mass is 16.5. The van der Waals surface area contributed by atoms with Crippen LogP contribution in [0.25, 0.3) is 0 Å². The van der Waals surface area contributed by atoms with Crippen molar-refractivity contribution in [2.45, 2.75) is 52.6 Å². The second-order valence-electron chi connectivity index (χ2n) is 5.33. The molecule has 0 bridgehead atoms. The molecule has 1 aromatic heterocycles. The zero-order valence-corrected chi connectivity index (χ0v) is 11.2. The molecule has 0 fully saturated rings. The van der Waals surface area contributed by atoms with Crippen LogP contribution in [0.5, 0.6) is 5.88 Å². The van der Waals surface area contributed by atoms with Crippen LogP contribution in [0.2, 0.25) is 0 Å². The molecule has 2 N–H and O–H groups in total. The van der Waals surface area contributed by atoms with Crippen molar-refractivity contribution in [2.75, 3.05) is 7.11 Å². The van der Waals surface area contributed by atoms with Crippen LogP contribution in [0.1, 0.15) is 51.9 Å². The van der Waals surface area contributed by atoms with E-state index >= 15 is 0 Å². The summed E-state index contributed by atoms with van der Waals surface area (Å²) in [6, 6.07) is 0.274. The van der Waals surface area contributed by atoms with Crippen LogP contribution in [-0.4, -0.2) is 16.9 Å². The molecular weight excluding hydrogens is 202 g/mol. The van der Waals surface area contributed by atoms with Crippen LogP contribution >= 0.6 is 0 Å². The van der Waals surface area contributed by atoms with E-state index in [1.54, 1.807) is 7.11 Å². The van der Waals surface area contributed by atoms with Gasteiger partial charge in [-0.1, -0.05) is 20.8 Å². The molecule has 4 heteroatoms. The van der Waals surface area contributed by atoms with Crippen LogP contribution in [-0.2, 0) is 12.0 Å². The lowest BCUT2D eigenvalue weighted by molar-refractivity contribution is 0.341. The SMILES string of the molecule is COc1c(CN)c(C(C)(C)C)nn1C(C)C. The fourth-order valence-corrected chi connectivity index (χ4v) is 1.81. The number of hydrogen-bond acceptors (Lipinski definition) is 3. The maximum absolute atomic E-state index is 5.80. The minimum atomic E-state index is -0.0118. The Labute approximate surface area is 97.8 Å². The number of ether oxygens (including phenoxy) is 1. The molecule has 1 aromatic rings. The van der Waals surface area contributed by atoms with Crippen molar-refractivity contribution in [3.63, 3.8) is 0 Å². The summed E-state index contributed by atoms with van der Waals surface area (Å²) in [6.45, 7) is 11.0. The topological polar surface area (TPSA) is 53.1 Å². The van der Waals surface area contributed by atoms with Gasteiger partial charge in [0.25, 0.3) is 0 Å². The van der Waals surface area contributed by atoms with Gasteiger partial charge in [0.2, 0.25) is 5.88 Å². The number of nitrogens with zero attached hydrogens (tertiary/aromatic N) is 2. The highest BCUT2D eigenvalue weighted by Gasteiger charge is 2.27. The van der Waals surface area contributed by atoms with Crippen molar-refractivity contribution >= 4 is 0 Å². The van der Waals surface area contributed by atoms with Crippen molar-refractivity contribution in [3.8, 4) is 5.88 Å². The zero-order chi connectivity index (χ0) is 12.5. The number of aromatic nitrogens is 2. The molecule has 92 valence electrons. The highest BCUT2D eigenvalue weighted by molar-refractivity contribution is 5.36. The van der Waals surface area contributed by atoms with Crippen LogP contribution < -0.4 is 10.5 Å². The Kier molecular flexibility index (Phi) is 3.63. The van der Waals surface area contributed by atoms with Crippen LogP contribution in [0.15, 0.2) is 0 Å². The maximum Gasteiger partial charge on any atom is 0.216 e. The molecule has 0 aromatic carbocycles. The Morgan fingerprint density at radius 3 is 2.25 bits per heavy atom. The molecule has 0 saturated carbocycles. The van der Waals surface area contributed by atoms with Gasteiger partial charge in [0.1, 0.15) is 0 Å². The number of hydrogen-bond donors (Lipinski definition) is 1. The summed E-state index contributed by atoms with van der Waals surface area (Å²) < 4.78 is 7.33. The van der Waals surface area contributed by atoms with E-state index in [4.69, 9.17) is 10.5 Å². The highest BCUT2D eigenvalue weighted by Crippen LogP contribution is 2.32. The summed E-state index contributed by atoms with van der Waals surface area (Å²) in [5.74, 6) is 0.794. The smallest absolute Gasteiger partial charge is 0.216 e. The van der Waals surface area contributed by atoms with Crippen molar-refractivity contribution in [1.82, 2.24) is 9.78 Å². The molecule has 0 saturated heterocycles. The average Bonchev–Trinajstić information content (AvgIpc) is 2.54. The predicted octanol–water partition coefficient (Wildman–Crippen LogP) is 2.23. The second-order valence-corrected chi connectivity index (χ2v) is 5.33. The first-order valence-electron chi connectivity index (χ1n) is 5.68. The largest absolute Gasteiger partial charge is 0.481 e. The van der Waals surface area contributed by atoms with E-state index in [-0.39, 0.29) is 11.5 Å². The first-order chi connectivity index (χ1) is 7.32. The minimum Gasteiger partial charge on any atom is -0.481 e. The molecule has 0 aliphatic rings. The lowest BCUT2D eigenvalue weighted by Crippen LogP contribution is -2.16. The Morgan fingerprint density at radius 1 is 1.38 bits per heavy atom. The third kappa shape index (κ3) is 2.21. The van der Waals surface area contributed by atoms with Crippen LogP contribution in [0.3, 0.4) is 0 Å². The minimum absolute atomic E-state index is 0.0118. The van der Waals surface area contributed by atoms with Crippen molar-refractivity contribution < 1.29 is 4.74 Å². The summed E-state index contributed by atoms with van der Waals surface area (Å²) in [6.07, 6.45) is 0. The summed E-state index contributed by atoms with van der Waals surface area (Å²) in [7, 11) is 1.67. The van der Waals surface area contributed by atoms with E-state index in [1.165, 1.54) is 0 Å². The lowest BCUT2D eigenvalue weighted by Gasteiger charge is -2.16. The first kappa shape index (κ1) is 13.0. The van der Waals surface area contributed by atoms with Gasteiger partial charge >= 0.3 is 0 Å². The van der Waals surface area contributed by atoms with Gasteiger partial charge in [-0.15, -0.1) is 0 Å². The molecule has 1 heterocycles. The zero-order valence-electron chi connectivity index (χ0n) is 11.2. The molecule has 0 aliphatic heterocycles. The Morgan fingerprint density at radius 2 is 1.94 bits per heavy atom. The average molecular weight is 225 g/mol. The molecule has 16 heavy (non-hydrogen) atoms. The van der Waals surface area contributed by atoms with Crippen molar-refractivity contribution in [2.24, 2.45) is 5.73 Å². The molecule has 0 unspecified atom stereocenters. The van der Waals surface area contributed by atoms with E-state index in [2.05, 4.69) is 39.7 Å². The summed E-state index contributed by atoms with van der Waals surface area (Å²) >= 11 is 0. The Hall–Kier alpha value is -1.03. The molecule has 0 radical (unpaired) electrons. The van der Waals surface area contributed by atoms with E-state index in [1.807, 2.05) is 4.68 Å². The van der Waals surface area contributed by atoms with Gasteiger partial charge in [-0.3, -0.25) is 0 Å². The van der Waals surface area contributed by atoms with Gasteiger partial charge in [-0.05, 0) is 13.8 Å². The molecule has 1 rings (SSSR count). The normalized spacial score (nSPS) is 12.2. The maximum atomic E-state index is 5.80. The lowest BCUT2D eigenvalue weighted by atomic mass is 9.89. The molecule has 4 nitrogen and oxygen atoms in total. The predicted molar refractivity (Wildman–Crippen MR) is 65.8 cm³/mol. The Balaban J connectivity index is 3.41. The first-order valence-corrected chi connectivity index (χ1v) is 5.68. The van der Waals surface area contributed by atoms with Crippen molar-refractivity contribution in [1.29, 1.82) is 0 Å². The third-order valence-corrected chi connectivity index (χ3v) is 2.56. The molecule has 0 spiro atoms. The number of methoxy groups -OCH3 is 1. The molecule has 0 atom stereocenters. The fraction of sp³-hybridized carbons (Fsp3) is 0.750. The van der Waals surface area contributed by atoms with E-state index in [9.17, 15) is 0 Å². The van der Waals surface area contributed by atoms with Crippen molar-refractivity contribution in [3.05, 3.63) is 11.3 Å². The summed E-state index contributed by atoms with van der Waals surface area (Å²) in [5.41, 5.74) is 7.84. The fourth-order valence-electron chi connectivity index (χ4n) is 1.81. The monoisotopic (exact) mass is 225 g/mol. The molecular formula is C12H23N3O. The van der Waals surface area contributed by atoms with Gasteiger partial charge < -0.3 is 10.5 Å². The summed E-state index contributed by atoms with van der Waals surface area (Å²) in [5, 5.41) is 4.63. The standard InChI is InChI=1S/C12H23N3O/c1-8(2)15-11(16-6)9(7-13)10(14-15)12(3,4)5/h8H,7,13H2,1-6H3. The van der Waals surface area contributed by atoms with Gasteiger partial charge in [-0.25, -0.2) is 4.68 Å². The third-order valence-electron chi connectivity index (χ3n) is 2.56. The van der Waals surface area contributed by atoms with Gasteiger partial charge in [0, 0.05) is 12.0 Å². The second kappa shape index (κ2) is 4.45. The van der Waals surface area contributed by atoms with E-state index < -0.39 is 0 Å². The van der Waals surface area contributed by atoms with E-state index in [0.29, 0.717) is 6.54 Å². The summed E-state index contributed by atoms with van der Waals surface area (Å²) in [4.78, 5) is 0. The van der Waals surface area contributed by atoms with Gasteiger partial charge in [0.05, 0.1) is 24.4 Å². The Bertz CT molecular complexity index is 361. The van der Waals surface area contributed by atoms with E-state index in [0.717, 1.165) is 17.1 Å². The van der Waals surface area contributed by atoms with Gasteiger partial charge in [-0.2, -0.15) is 5.10 Å². The molecule has 0 aliphatic carbocycles. The number of rotatable bonds is 3. The number of nitrogens with two attached hydrogens (primary N) is 1. The van der Waals surface area contributed by atoms with Crippen LogP contribution in [0, 0.1) is 0 Å². The molecule has 0 amide bonds. The van der Waals surface area contributed by atoms with Crippen LogP contribution in [0.4, 0.5) is 0 Å². The van der Waals surface area contributed by atoms with Gasteiger partial charge in [0.15, 0.2) is 0 Å². The quantitative estimate of drug-likeness (QED) is 0.858.